The van der Waals surface area contributed by atoms with Crippen molar-refractivity contribution in [3.05, 3.63) is 0 Å². The molecule has 6 heteroatoms. The van der Waals surface area contributed by atoms with E-state index >= 15 is 0 Å². The van der Waals surface area contributed by atoms with Crippen molar-refractivity contribution in [3.63, 3.8) is 0 Å². The van der Waals surface area contributed by atoms with Crippen molar-refractivity contribution in [3.8, 4) is 0 Å². The van der Waals surface area contributed by atoms with Gasteiger partial charge < -0.3 is 5.11 Å². The first kappa shape index (κ1) is 14.8. The number of hydrogen-bond acceptors (Lipinski definition) is 3. The summed E-state index contributed by atoms with van der Waals surface area (Å²) in [6.45, 7) is 5.68. The van der Waals surface area contributed by atoms with Crippen LogP contribution in [0.25, 0.3) is 0 Å². The number of rotatable bonds is 7. The van der Waals surface area contributed by atoms with Gasteiger partial charge >= 0.3 is 0 Å². The van der Waals surface area contributed by atoms with Gasteiger partial charge in [-0.05, 0) is 33.6 Å². The Bertz CT molecular complexity index is 263. The molecular formula is C9H22N2O3S. The molecule has 0 aliphatic heterocycles. The van der Waals surface area contributed by atoms with Crippen LogP contribution in [0.3, 0.4) is 0 Å². The average Bonchev–Trinajstić information content (AvgIpc) is 2.10. The highest BCUT2D eigenvalue weighted by atomic mass is 32.2. The first-order valence-electron chi connectivity index (χ1n) is 5.18. The van der Waals surface area contributed by atoms with Crippen molar-refractivity contribution in [2.75, 3.05) is 13.6 Å². The Kier molecular flexibility index (Phi) is 6.35. The standard InChI is InChI=1S/C9H22N2O3S/c1-8(2)11(4)15(13,14)10-7-5-6-9(3)12/h8-10,12H,5-7H2,1-4H3. The molecule has 0 heterocycles. The first-order chi connectivity index (χ1) is 6.77. The molecule has 0 saturated carbocycles. The summed E-state index contributed by atoms with van der Waals surface area (Å²) in [5.74, 6) is 0. The van der Waals surface area contributed by atoms with Crippen molar-refractivity contribution >= 4 is 10.2 Å². The molecule has 0 aromatic heterocycles. The number of aliphatic hydroxyl groups excluding tert-OH is 1. The quantitative estimate of drug-likeness (QED) is 0.628. The van der Waals surface area contributed by atoms with Crippen molar-refractivity contribution < 1.29 is 13.5 Å². The fourth-order valence-corrected chi connectivity index (χ4v) is 2.14. The molecule has 0 aromatic carbocycles. The predicted molar refractivity (Wildman–Crippen MR) is 60.7 cm³/mol. The van der Waals surface area contributed by atoms with Crippen LogP contribution in [0.5, 0.6) is 0 Å². The SMILES string of the molecule is CC(O)CCCNS(=O)(=O)N(C)C(C)C. The summed E-state index contributed by atoms with van der Waals surface area (Å²) in [4.78, 5) is 0. The summed E-state index contributed by atoms with van der Waals surface area (Å²) in [6, 6.07) is -0.0562. The van der Waals surface area contributed by atoms with Crippen LogP contribution in [0, 0.1) is 0 Å². The Hall–Kier alpha value is -0.170. The van der Waals surface area contributed by atoms with E-state index in [1.807, 2.05) is 13.8 Å². The van der Waals surface area contributed by atoms with Crippen molar-refractivity contribution in [1.82, 2.24) is 9.03 Å². The zero-order valence-corrected chi connectivity index (χ0v) is 10.7. The molecule has 0 fully saturated rings. The van der Waals surface area contributed by atoms with Crippen LogP contribution in [0.1, 0.15) is 33.6 Å². The van der Waals surface area contributed by atoms with E-state index in [4.69, 9.17) is 5.11 Å². The number of nitrogens with zero attached hydrogens (tertiary/aromatic N) is 1. The van der Waals surface area contributed by atoms with Crippen LogP contribution in [0.15, 0.2) is 0 Å². The van der Waals surface area contributed by atoms with Gasteiger partial charge in [-0.3, -0.25) is 0 Å². The predicted octanol–water partition coefficient (Wildman–Crippen LogP) is 0.322. The van der Waals surface area contributed by atoms with Gasteiger partial charge in [0.1, 0.15) is 0 Å². The van der Waals surface area contributed by atoms with Crippen LogP contribution >= 0.6 is 0 Å². The molecule has 2 N–H and O–H groups in total. The Labute approximate surface area is 92.7 Å². The van der Waals surface area contributed by atoms with Crippen LogP contribution in [0.4, 0.5) is 0 Å². The third-order valence-electron chi connectivity index (χ3n) is 2.19. The van der Waals surface area contributed by atoms with Crippen LogP contribution in [0.2, 0.25) is 0 Å². The van der Waals surface area contributed by atoms with E-state index in [1.54, 1.807) is 14.0 Å². The molecular weight excluding hydrogens is 216 g/mol. The lowest BCUT2D eigenvalue weighted by Crippen LogP contribution is -2.42. The van der Waals surface area contributed by atoms with E-state index in [-0.39, 0.29) is 12.1 Å². The fourth-order valence-electron chi connectivity index (χ4n) is 0.978. The summed E-state index contributed by atoms with van der Waals surface area (Å²) in [5, 5.41) is 8.99. The smallest absolute Gasteiger partial charge is 0.279 e. The maximum absolute atomic E-state index is 11.6. The molecule has 1 unspecified atom stereocenters. The van der Waals surface area contributed by atoms with Crippen molar-refractivity contribution in [2.24, 2.45) is 0 Å². The van der Waals surface area contributed by atoms with E-state index in [2.05, 4.69) is 4.72 Å². The molecule has 0 saturated heterocycles. The highest BCUT2D eigenvalue weighted by molar-refractivity contribution is 7.87. The van der Waals surface area contributed by atoms with Crippen LogP contribution in [-0.4, -0.2) is 43.6 Å². The zero-order chi connectivity index (χ0) is 12.1. The van der Waals surface area contributed by atoms with E-state index in [9.17, 15) is 8.42 Å². The van der Waals surface area contributed by atoms with E-state index < -0.39 is 10.2 Å². The monoisotopic (exact) mass is 238 g/mol. The minimum Gasteiger partial charge on any atom is -0.393 e. The number of nitrogens with one attached hydrogen (secondary N) is 1. The van der Waals surface area contributed by atoms with Crippen LogP contribution < -0.4 is 4.72 Å². The Morgan fingerprint density at radius 1 is 1.33 bits per heavy atom. The normalized spacial score (nSPS) is 14.9. The summed E-state index contributed by atoms with van der Waals surface area (Å²) in [6.07, 6.45) is 0.869. The molecule has 0 aliphatic rings. The van der Waals surface area contributed by atoms with Gasteiger partial charge in [-0.1, -0.05) is 0 Å². The third kappa shape index (κ3) is 6.09. The Morgan fingerprint density at radius 3 is 2.27 bits per heavy atom. The second-order valence-corrected chi connectivity index (χ2v) is 5.82. The maximum atomic E-state index is 11.6. The topological polar surface area (TPSA) is 69.6 Å². The molecule has 0 radical (unpaired) electrons. The molecule has 0 rings (SSSR count). The van der Waals surface area contributed by atoms with Gasteiger partial charge in [0, 0.05) is 19.6 Å². The highest BCUT2D eigenvalue weighted by Gasteiger charge is 2.19. The number of aliphatic hydroxyl groups is 1. The van der Waals surface area contributed by atoms with E-state index in [0.717, 1.165) is 0 Å². The van der Waals surface area contributed by atoms with Crippen molar-refractivity contribution in [1.29, 1.82) is 0 Å². The molecule has 0 aromatic rings. The first-order valence-corrected chi connectivity index (χ1v) is 6.62. The van der Waals surface area contributed by atoms with Gasteiger partial charge in [0.05, 0.1) is 6.10 Å². The van der Waals surface area contributed by atoms with Gasteiger partial charge in [-0.2, -0.15) is 12.7 Å². The van der Waals surface area contributed by atoms with Crippen LogP contribution in [-0.2, 0) is 10.2 Å². The fraction of sp³-hybridized carbons (Fsp3) is 1.00. The molecule has 0 amide bonds. The maximum Gasteiger partial charge on any atom is 0.279 e. The highest BCUT2D eigenvalue weighted by Crippen LogP contribution is 2.01. The average molecular weight is 238 g/mol. The lowest BCUT2D eigenvalue weighted by molar-refractivity contribution is 0.182. The molecule has 0 aliphatic carbocycles. The molecule has 15 heavy (non-hydrogen) atoms. The molecule has 1 atom stereocenters. The Balaban J connectivity index is 3.95. The largest absolute Gasteiger partial charge is 0.393 e. The summed E-state index contributed by atoms with van der Waals surface area (Å²) in [7, 11) is -1.81. The van der Waals surface area contributed by atoms with Gasteiger partial charge in [0.15, 0.2) is 0 Å². The summed E-state index contributed by atoms with van der Waals surface area (Å²) < 4.78 is 26.9. The second kappa shape index (κ2) is 6.42. The lowest BCUT2D eigenvalue weighted by atomic mass is 10.2. The minimum atomic E-state index is -3.36. The van der Waals surface area contributed by atoms with E-state index in [1.165, 1.54) is 4.31 Å². The van der Waals surface area contributed by atoms with Gasteiger partial charge in [0.25, 0.3) is 10.2 Å². The summed E-state index contributed by atoms with van der Waals surface area (Å²) >= 11 is 0. The van der Waals surface area contributed by atoms with Crippen molar-refractivity contribution in [2.45, 2.75) is 45.8 Å². The lowest BCUT2D eigenvalue weighted by Gasteiger charge is -2.21. The van der Waals surface area contributed by atoms with E-state index in [0.29, 0.717) is 19.4 Å². The molecule has 92 valence electrons. The van der Waals surface area contributed by atoms with Gasteiger partial charge in [0.2, 0.25) is 0 Å². The third-order valence-corrected chi connectivity index (χ3v) is 3.94. The van der Waals surface area contributed by atoms with Gasteiger partial charge in [-0.15, -0.1) is 0 Å². The summed E-state index contributed by atoms with van der Waals surface area (Å²) in [5.41, 5.74) is 0. The van der Waals surface area contributed by atoms with Gasteiger partial charge in [-0.25, -0.2) is 4.72 Å². The minimum absolute atomic E-state index is 0.0562. The molecule has 5 nitrogen and oxygen atoms in total. The number of hydrogen-bond donors (Lipinski definition) is 2. The zero-order valence-electron chi connectivity index (χ0n) is 9.90. The molecule has 0 bridgehead atoms. The molecule has 0 spiro atoms. The second-order valence-electron chi connectivity index (χ2n) is 4.00. The Morgan fingerprint density at radius 2 is 1.87 bits per heavy atom.